The first kappa shape index (κ1) is 20.0. The molecule has 7 nitrogen and oxygen atoms in total. The summed E-state index contributed by atoms with van der Waals surface area (Å²) in [6.07, 6.45) is 2.83. The van der Waals surface area contributed by atoms with Crippen molar-refractivity contribution in [2.75, 3.05) is 7.11 Å². The maximum atomic E-state index is 11.2. The third-order valence-electron chi connectivity index (χ3n) is 5.57. The predicted molar refractivity (Wildman–Crippen MR) is 123 cm³/mol. The van der Waals surface area contributed by atoms with Crippen LogP contribution in [-0.4, -0.2) is 36.8 Å². The highest BCUT2D eigenvalue weighted by Gasteiger charge is 2.23. The lowest BCUT2D eigenvalue weighted by Crippen LogP contribution is -2.04. The van der Waals surface area contributed by atoms with E-state index >= 15 is 0 Å². The van der Waals surface area contributed by atoms with Crippen LogP contribution in [0.2, 0.25) is 0 Å². The average Bonchev–Trinajstić information content (AvgIpc) is 3.47. The van der Waals surface area contributed by atoms with Crippen LogP contribution in [0.4, 0.5) is 0 Å². The second-order valence-corrected chi connectivity index (χ2v) is 7.67. The molecule has 0 saturated heterocycles. The number of ether oxygens (including phenoxy) is 1. The molecule has 1 unspecified atom stereocenters. The molecular weight excluding hydrogens is 402 g/mol. The summed E-state index contributed by atoms with van der Waals surface area (Å²) in [4.78, 5) is 4.79. The highest BCUT2D eigenvalue weighted by Crippen LogP contribution is 2.37. The predicted octanol–water partition coefficient (Wildman–Crippen LogP) is 4.22. The third-order valence-corrected chi connectivity index (χ3v) is 5.57. The minimum Gasteiger partial charge on any atom is -0.496 e. The first-order valence-electron chi connectivity index (χ1n) is 10.3. The van der Waals surface area contributed by atoms with Gasteiger partial charge in [-0.15, -0.1) is 0 Å². The molecule has 1 N–H and O–H groups in total. The number of hydrogen-bond donors (Lipinski definition) is 1. The topological polar surface area (TPSA) is 78.0 Å². The van der Waals surface area contributed by atoms with Crippen LogP contribution in [0.1, 0.15) is 22.9 Å². The number of hydrogen-bond acceptors (Lipinski definition) is 5. The maximum Gasteiger partial charge on any atom is 0.130 e. The minimum absolute atomic E-state index is 0.673. The lowest BCUT2D eigenvalue weighted by molar-refractivity contribution is 0.221. The van der Waals surface area contributed by atoms with E-state index in [0.717, 1.165) is 39.1 Å². The standard InChI is InChI=1S/C25H23N5O2/c1-16-14-20(25(31)17-8-5-4-6-9-17)24-23(27-16)22(28-29(24)2)19-11-10-18(15-21(19)32-3)30-13-7-12-26-30/h4-15,25,31H,1-3H3. The van der Waals surface area contributed by atoms with Crippen LogP contribution in [-0.2, 0) is 7.05 Å². The van der Waals surface area contributed by atoms with Crippen molar-refractivity contribution in [3.63, 3.8) is 0 Å². The molecule has 2 aromatic carbocycles. The quantitative estimate of drug-likeness (QED) is 0.456. The van der Waals surface area contributed by atoms with E-state index in [4.69, 9.17) is 14.8 Å². The van der Waals surface area contributed by atoms with Gasteiger partial charge in [0.1, 0.15) is 23.1 Å². The Morgan fingerprint density at radius 1 is 1.03 bits per heavy atom. The van der Waals surface area contributed by atoms with E-state index in [1.165, 1.54) is 0 Å². The summed E-state index contributed by atoms with van der Waals surface area (Å²) in [6, 6.07) is 19.3. The van der Waals surface area contributed by atoms with Gasteiger partial charge in [0.15, 0.2) is 0 Å². The number of nitrogens with zero attached hydrogens (tertiary/aromatic N) is 5. The van der Waals surface area contributed by atoms with E-state index in [9.17, 15) is 5.11 Å². The number of aromatic nitrogens is 5. The lowest BCUT2D eigenvalue weighted by Gasteiger charge is -2.14. The Morgan fingerprint density at radius 2 is 1.84 bits per heavy atom. The number of fused-ring (bicyclic) bond motifs is 1. The summed E-state index contributed by atoms with van der Waals surface area (Å²) in [5.74, 6) is 0.673. The molecule has 0 aliphatic carbocycles. The van der Waals surface area contributed by atoms with E-state index < -0.39 is 6.10 Å². The van der Waals surface area contributed by atoms with Gasteiger partial charge in [0.05, 0.1) is 18.3 Å². The molecule has 0 aliphatic rings. The van der Waals surface area contributed by atoms with Crippen LogP contribution in [0.25, 0.3) is 28.0 Å². The normalized spacial score (nSPS) is 12.2. The fourth-order valence-electron chi connectivity index (χ4n) is 4.09. The Balaban J connectivity index is 1.69. The first-order chi connectivity index (χ1) is 15.6. The van der Waals surface area contributed by atoms with Gasteiger partial charge in [-0.3, -0.25) is 4.68 Å². The number of rotatable bonds is 5. The van der Waals surface area contributed by atoms with Gasteiger partial charge >= 0.3 is 0 Å². The minimum atomic E-state index is -0.785. The second kappa shape index (κ2) is 7.94. The van der Waals surface area contributed by atoms with Crippen molar-refractivity contribution in [2.45, 2.75) is 13.0 Å². The van der Waals surface area contributed by atoms with Crippen LogP contribution in [0.3, 0.4) is 0 Å². The molecule has 7 heteroatoms. The fourth-order valence-corrected chi connectivity index (χ4v) is 4.09. The monoisotopic (exact) mass is 425 g/mol. The summed E-state index contributed by atoms with van der Waals surface area (Å²) in [6.45, 7) is 1.93. The molecule has 5 rings (SSSR count). The zero-order valence-corrected chi connectivity index (χ0v) is 18.1. The number of benzene rings is 2. The number of aryl methyl sites for hydroxylation is 2. The van der Waals surface area contributed by atoms with Gasteiger partial charge < -0.3 is 9.84 Å². The molecule has 0 aliphatic heterocycles. The van der Waals surface area contributed by atoms with Crippen LogP contribution < -0.4 is 4.74 Å². The maximum absolute atomic E-state index is 11.2. The Hall–Kier alpha value is -3.97. The Labute approximate surface area is 185 Å². The molecule has 3 heterocycles. The lowest BCUT2D eigenvalue weighted by atomic mass is 9.99. The van der Waals surface area contributed by atoms with E-state index in [-0.39, 0.29) is 0 Å². The van der Waals surface area contributed by atoms with Gasteiger partial charge in [-0.25, -0.2) is 9.67 Å². The molecule has 3 aromatic heterocycles. The molecular formula is C25H23N5O2. The van der Waals surface area contributed by atoms with Crippen molar-refractivity contribution in [1.29, 1.82) is 0 Å². The zero-order valence-electron chi connectivity index (χ0n) is 18.1. The highest BCUT2D eigenvalue weighted by molar-refractivity contribution is 5.94. The highest BCUT2D eigenvalue weighted by atomic mass is 16.5. The molecule has 0 radical (unpaired) electrons. The molecule has 0 amide bonds. The average molecular weight is 425 g/mol. The number of aliphatic hydroxyl groups is 1. The third kappa shape index (κ3) is 3.33. The van der Waals surface area contributed by atoms with Crippen LogP contribution in [0.15, 0.2) is 73.1 Å². The van der Waals surface area contributed by atoms with Gasteiger partial charge in [0, 0.05) is 42.3 Å². The molecule has 160 valence electrons. The van der Waals surface area contributed by atoms with Gasteiger partial charge in [-0.2, -0.15) is 10.2 Å². The van der Waals surface area contributed by atoms with E-state index in [1.807, 2.05) is 80.8 Å². The van der Waals surface area contributed by atoms with Gasteiger partial charge in [0.25, 0.3) is 0 Å². The van der Waals surface area contributed by atoms with Crippen molar-refractivity contribution < 1.29 is 9.84 Å². The first-order valence-corrected chi connectivity index (χ1v) is 10.3. The number of pyridine rings is 1. The summed E-state index contributed by atoms with van der Waals surface area (Å²) in [7, 11) is 3.51. The molecule has 1 atom stereocenters. The van der Waals surface area contributed by atoms with Gasteiger partial charge in [0.2, 0.25) is 0 Å². The summed E-state index contributed by atoms with van der Waals surface area (Å²) >= 11 is 0. The molecule has 5 aromatic rings. The Kier molecular flexibility index (Phi) is 4.95. The van der Waals surface area contributed by atoms with Crippen molar-refractivity contribution in [2.24, 2.45) is 7.05 Å². The molecule has 0 saturated carbocycles. The van der Waals surface area contributed by atoms with Crippen molar-refractivity contribution in [3.05, 3.63) is 89.9 Å². The van der Waals surface area contributed by atoms with Crippen molar-refractivity contribution in [1.82, 2.24) is 24.5 Å². The molecule has 0 bridgehead atoms. The Morgan fingerprint density at radius 3 is 2.56 bits per heavy atom. The van der Waals surface area contributed by atoms with Gasteiger partial charge in [-0.1, -0.05) is 30.3 Å². The largest absolute Gasteiger partial charge is 0.496 e. The van der Waals surface area contributed by atoms with Crippen LogP contribution in [0, 0.1) is 6.92 Å². The van der Waals surface area contributed by atoms with E-state index in [1.54, 1.807) is 22.7 Å². The Bertz CT molecular complexity index is 1390. The number of aliphatic hydroxyl groups excluding tert-OH is 1. The number of methoxy groups -OCH3 is 1. The molecule has 0 fully saturated rings. The summed E-state index contributed by atoms with van der Waals surface area (Å²) in [5.41, 5.74) is 6.34. The van der Waals surface area contributed by atoms with Gasteiger partial charge in [-0.05, 0) is 36.8 Å². The SMILES string of the molecule is COc1cc(-n2cccn2)ccc1-c1nn(C)c2c(C(O)c3ccccc3)cc(C)nc12. The second-order valence-electron chi connectivity index (χ2n) is 7.67. The van der Waals surface area contributed by atoms with Crippen LogP contribution in [0.5, 0.6) is 5.75 Å². The van der Waals surface area contributed by atoms with Crippen molar-refractivity contribution >= 4 is 11.0 Å². The fraction of sp³-hybridized carbons (Fsp3) is 0.160. The smallest absolute Gasteiger partial charge is 0.130 e. The van der Waals surface area contributed by atoms with Crippen LogP contribution >= 0.6 is 0 Å². The van der Waals surface area contributed by atoms with Crippen molar-refractivity contribution in [3.8, 4) is 22.7 Å². The van der Waals surface area contributed by atoms with E-state index in [2.05, 4.69) is 5.10 Å². The zero-order chi connectivity index (χ0) is 22.2. The summed E-state index contributed by atoms with van der Waals surface area (Å²) < 4.78 is 9.26. The summed E-state index contributed by atoms with van der Waals surface area (Å²) in [5, 5.41) is 20.2. The molecule has 0 spiro atoms. The molecule has 32 heavy (non-hydrogen) atoms. The van der Waals surface area contributed by atoms with E-state index in [0.29, 0.717) is 11.4 Å².